The van der Waals surface area contributed by atoms with E-state index >= 15 is 0 Å². The third kappa shape index (κ3) is 5.42. The second-order valence-electron chi connectivity index (χ2n) is 3.83. The van der Waals surface area contributed by atoms with Crippen molar-refractivity contribution in [2.24, 2.45) is 0 Å². The molecule has 4 heteroatoms. The fourth-order valence-electron chi connectivity index (χ4n) is 1.58. The number of unbranched alkanes of at least 4 members (excludes halogenated alkanes) is 3. The van der Waals surface area contributed by atoms with Crippen molar-refractivity contribution in [2.75, 3.05) is 25.4 Å². The molecule has 0 aromatic heterocycles. The van der Waals surface area contributed by atoms with Gasteiger partial charge in [-0.15, -0.1) is 11.8 Å². The molecule has 0 bridgehead atoms. The van der Waals surface area contributed by atoms with E-state index in [4.69, 9.17) is 4.74 Å². The second-order valence-corrected chi connectivity index (χ2v) is 5.10. The standard InChI is InChI=1S/C11H21NO2S/c1-2-3-4-5-7-14-11-9-12(10-13)6-8-15-11/h10-11H,2-9H2,1H3. The second kappa shape index (κ2) is 7.99. The van der Waals surface area contributed by atoms with Crippen molar-refractivity contribution in [2.45, 2.75) is 38.0 Å². The highest BCUT2D eigenvalue weighted by atomic mass is 32.2. The van der Waals surface area contributed by atoms with Gasteiger partial charge in [-0.25, -0.2) is 0 Å². The lowest BCUT2D eigenvalue weighted by Crippen LogP contribution is -2.38. The van der Waals surface area contributed by atoms with Gasteiger partial charge in [0.25, 0.3) is 0 Å². The van der Waals surface area contributed by atoms with Crippen LogP contribution in [0, 0.1) is 0 Å². The number of thioether (sulfide) groups is 1. The molecule has 0 radical (unpaired) electrons. The molecule has 1 fully saturated rings. The number of rotatable bonds is 7. The maximum absolute atomic E-state index is 10.6. The van der Waals surface area contributed by atoms with Gasteiger partial charge in [0.2, 0.25) is 6.41 Å². The maximum Gasteiger partial charge on any atom is 0.209 e. The Morgan fingerprint density at radius 3 is 3.07 bits per heavy atom. The van der Waals surface area contributed by atoms with E-state index in [0.717, 1.165) is 38.3 Å². The molecule has 1 saturated heterocycles. The summed E-state index contributed by atoms with van der Waals surface area (Å²) in [6, 6.07) is 0. The lowest BCUT2D eigenvalue weighted by Gasteiger charge is -2.29. The number of amides is 1. The summed E-state index contributed by atoms with van der Waals surface area (Å²) in [7, 11) is 0. The van der Waals surface area contributed by atoms with Crippen LogP contribution in [0.15, 0.2) is 0 Å². The van der Waals surface area contributed by atoms with Crippen LogP contribution in [-0.4, -0.2) is 42.2 Å². The van der Waals surface area contributed by atoms with Crippen molar-refractivity contribution in [1.82, 2.24) is 4.90 Å². The Kier molecular flexibility index (Phi) is 6.85. The highest BCUT2D eigenvalue weighted by Crippen LogP contribution is 2.19. The Morgan fingerprint density at radius 2 is 2.33 bits per heavy atom. The molecule has 0 aromatic carbocycles. The summed E-state index contributed by atoms with van der Waals surface area (Å²) in [5.41, 5.74) is 0.200. The predicted octanol–water partition coefficient (Wildman–Crippen LogP) is 2.11. The molecule has 3 nitrogen and oxygen atoms in total. The maximum atomic E-state index is 10.6. The molecule has 1 unspecified atom stereocenters. The molecule has 0 aromatic rings. The van der Waals surface area contributed by atoms with Crippen LogP contribution in [0.3, 0.4) is 0 Å². The Morgan fingerprint density at radius 1 is 1.47 bits per heavy atom. The number of carbonyl (C=O) groups excluding carboxylic acids is 1. The summed E-state index contributed by atoms with van der Waals surface area (Å²) in [6.45, 7) is 4.66. The van der Waals surface area contributed by atoms with E-state index in [0.29, 0.717) is 0 Å². The monoisotopic (exact) mass is 231 g/mol. The van der Waals surface area contributed by atoms with E-state index in [-0.39, 0.29) is 5.44 Å². The summed E-state index contributed by atoms with van der Waals surface area (Å²) < 4.78 is 5.72. The first-order valence-corrected chi connectivity index (χ1v) is 6.84. The molecule has 0 saturated carbocycles. The van der Waals surface area contributed by atoms with Crippen LogP contribution in [0.5, 0.6) is 0 Å². The van der Waals surface area contributed by atoms with Crippen molar-refractivity contribution < 1.29 is 9.53 Å². The Bertz CT molecular complexity index is 178. The van der Waals surface area contributed by atoms with Crippen LogP contribution in [0.2, 0.25) is 0 Å². The Hall–Kier alpha value is -0.220. The number of hydrogen-bond acceptors (Lipinski definition) is 3. The predicted molar refractivity (Wildman–Crippen MR) is 64.0 cm³/mol. The van der Waals surface area contributed by atoms with Gasteiger partial charge in [-0.3, -0.25) is 4.79 Å². The topological polar surface area (TPSA) is 29.5 Å². The normalized spacial score (nSPS) is 21.7. The molecule has 0 spiro atoms. The number of nitrogens with zero attached hydrogens (tertiary/aromatic N) is 1. The van der Waals surface area contributed by atoms with Gasteiger partial charge in [0.1, 0.15) is 5.44 Å². The van der Waals surface area contributed by atoms with Gasteiger partial charge in [-0.2, -0.15) is 0 Å². The molecule has 0 aliphatic carbocycles. The Balaban J connectivity index is 2.02. The van der Waals surface area contributed by atoms with E-state index in [1.165, 1.54) is 19.3 Å². The zero-order valence-electron chi connectivity index (χ0n) is 9.48. The van der Waals surface area contributed by atoms with Crippen LogP contribution in [-0.2, 0) is 9.53 Å². The minimum Gasteiger partial charge on any atom is -0.366 e. The van der Waals surface area contributed by atoms with Crippen molar-refractivity contribution in [3.05, 3.63) is 0 Å². The number of ether oxygens (including phenoxy) is 1. The summed E-state index contributed by atoms with van der Waals surface area (Å²) in [6.07, 6.45) is 5.88. The van der Waals surface area contributed by atoms with Crippen LogP contribution in [0.25, 0.3) is 0 Å². The third-order valence-corrected chi connectivity index (χ3v) is 3.59. The van der Waals surface area contributed by atoms with E-state index in [9.17, 15) is 4.79 Å². The molecule has 1 amide bonds. The van der Waals surface area contributed by atoms with E-state index in [1.54, 1.807) is 4.90 Å². The van der Waals surface area contributed by atoms with Crippen LogP contribution >= 0.6 is 11.8 Å². The minimum atomic E-state index is 0.200. The molecule has 1 atom stereocenters. The first kappa shape index (κ1) is 12.8. The van der Waals surface area contributed by atoms with Gasteiger partial charge in [0.15, 0.2) is 0 Å². The van der Waals surface area contributed by atoms with Crippen LogP contribution in [0.4, 0.5) is 0 Å². The van der Waals surface area contributed by atoms with Crippen molar-refractivity contribution in [3.63, 3.8) is 0 Å². The summed E-state index contributed by atoms with van der Waals surface area (Å²) >= 11 is 1.82. The van der Waals surface area contributed by atoms with Gasteiger partial charge >= 0.3 is 0 Å². The van der Waals surface area contributed by atoms with E-state index in [1.807, 2.05) is 11.8 Å². The van der Waals surface area contributed by atoms with Gasteiger partial charge in [0.05, 0.1) is 6.54 Å². The highest BCUT2D eigenvalue weighted by Gasteiger charge is 2.18. The lowest BCUT2D eigenvalue weighted by molar-refractivity contribution is -0.119. The third-order valence-electron chi connectivity index (χ3n) is 2.52. The smallest absolute Gasteiger partial charge is 0.209 e. The molecule has 15 heavy (non-hydrogen) atoms. The van der Waals surface area contributed by atoms with E-state index in [2.05, 4.69) is 6.92 Å². The SMILES string of the molecule is CCCCCCOC1CN(C=O)CCS1. The zero-order chi connectivity index (χ0) is 10.9. The molecule has 1 heterocycles. The first-order chi connectivity index (χ1) is 7.36. The van der Waals surface area contributed by atoms with Gasteiger partial charge in [-0.1, -0.05) is 26.2 Å². The Labute approximate surface area is 96.5 Å². The summed E-state index contributed by atoms with van der Waals surface area (Å²) in [4.78, 5) is 12.4. The van der Waals surface area contributed by atoms with E-state index < -0.39 is 0 Å². The molecular formula is C11H21NO2S. The quantitative estimate of drug-likeness (QED) is 0.496. The number of hydrogen-bond donors (Lipinski definition) is 0. The molecule has 1 aliphatic heterocycles. The van der Waals surface area contributed by atoms with Crippen molar-refractivity contribution in [1.29, 1.82) is 0 Å². The number of carbonyl (C=O) groups is 1. The fraction of sp³-hybridized carbons (Fsp3) is 0.909. The molecular weight excluding hydrogens is 210 g/mol. The minimum absolute atomic E-state index is 0.200. The summed E-state index contributed by atoms with van der Waals surface area (Å²) in [5.74, 6) is 0.998. The fourth-order valence-corrected chi connectivity index (χ4v) is 2.67. The molecule has 1 aliphatic rings. The molecule has 0 N–H and O–H groups in total. The molecule has 88 valence electrons. The average Bonchev–Trinajstić information content (AvgIpc) is 2.29. The van der Waals surface area contributed by atoms with Gasteiger partial charge in [0, 0.05) is 18.9 Å². The lowest BCUT2D eigenvalue weighted by atomic mass is 10.2. The van der Waals surface area contributed by atoms with Gasteiger partial charge < -0.3 is 9.64 Å². The van der Waals surface area contributed by atoms with Crippen LogP contribution in [0.1, 0.15) is 32.6 Å². The summed E-state index contributed by atoms with van der Waals surface area (Å²) in [5, 5.41) is 0. The zero-order valence-corrected chi connectivity index (χ0v) is 10.3. The molecule has 1 rings (SSSR count). The average molecular weight is 231 g/mol. The van der Waals surface area contributed by atoms with Crippen LogP contribution < -0.4 is 0 Å². The van der Waals surface area contributed by atoms with Gasteiger partial charge in [-0.05, 0) is 6.42 Å². The van der Waals surface area contributed by atoms with Crippen molar-refractivity contribution >= 4 is 18.2 Å². The highest BCUT2D eigenvalue weighted by molar-refractivity contribution is 7.99. The largest absolute Gasteiger partial charge is 0.366 e. The first-order valence-electron chi connectivity index (χ1n) is 5.79. The van der Waals surface area contributed by atoms with Crippen molar-refractivity contribution in [3.8, 4) is 0 Å².